The molecule has 0 aliphatic heterocycles. The van der Waals surface area contributed by atoms with Gasteiger partial charge in [-0.1, -0.05) is 54.7 Å². The van der Waals surface area contributed by atoms with E-state index in [1.807, 2.05) is 6.92 Å². The lowest BCUT2D eigenvalue weighted by atomic mass is 9.72. The average Bonchev–Trinajstić information content (AvgIpc) is 2.79. The summed E-state index contributed by atoms with van der Waals surface area (Å²) in [6, 6.07) is 14.1. The minimum absolute atomic E-state index is 0.124. The lowest BCUT2D eigenvalue weighted by Gasteiger charge is -2.28. The van der Waals surface area contributed by atoms with Crippen LogP contribution >= 0.6 is 23.2 Å². The predicted octanol–water partition coefficient (Wildman–Crippen LogP) is 6.11. The first-order valence-corrected chi connectivity index (χ1v) is 10.8. The normalized spacial score (nSPS) is 13.5. The van der Waals surface area contributed by atoms with Crippen molar-refractivity contribution in [2.45, 2.75) is 38.1 Å². The van der Waals surface area contributed by atoms with Crippen LogP contribution in [0.5, 0.6) is 0 Å². The van der Waals surface area contributed by atoms with Gasteiger partial charge in [-0.05, 0) is 48.7 Å². The number of azo groups is 1. The molecule has 0 aromatic heterocycles. The highest BCUT2D eigenvalue weighted by atomic mass is 35.5. The van der Waals surface area contributed by atoms with Crippen molar-refractivity contribution in [3.63, 3.8) is 0 Å². The zero-order chi connectivity index (χ0) is 24.6. The minimum Gasteiger partial charge on any atom is -0.465 e. The third-order valence-corrected chi connectivity index (χ3v) is 5.59. The number of nitriles is 2. The summed E-state index contributed by atoms with van der Waals surface area (Å²) in [5, 5.41) is 36.8. The number of benzene rings is 2. The number of rotatable bonds is 8. The maximum absolute atomic E-state index is 12.2. The molecular formula is C23H21Cl2N5O3. The van der Waals surface area contributed by atoms with Crippen LogP contribution in [-0.4, -0.2) is 34.6 Å². The second-order valence-electron chi connectivity index (χ2n) is 7.05. The summed E-state index contributed by atoms with van der Waals surface area (Å²) in [6.45, 7) is 3.31. The monoisotopic (exact) mass is 485 g/mol. The Morgan fingerprint density at radius 2 is 1.82 bits per heavy atom. The zero-order valence-electron chi connectivity index (χ0n) is 18.0. The molecule has 2 rings (SSSR count). The second-order valence-corrected chi connectivity index (χ2v) is 7.89. The lowest BCUT2D eigenvalue weighted by molar-refractivity contribution is -0.129. The Hall–Kier alpha value is -3.46. The summed E-state index contributed by atoms with van der Waals surface area (Å²) in [4.78, 5) is 23.8. The Labute approximate surface area is 201 Å². The van der Waals surface area contributed by atoms with E-state index in [9.17, 15) is 20.1 Å². The molecular weight excluding hydrogens is 465 g/mol. The first kappa shape index (κ1) is 25.8. The van der Waals surface area contributed by atoms with Gasteiger partial charge in [0.25, 0.3) is 5.91 Å². The number of amides is 2. The Kier molecular flexibility index (Phi) is 8.93. The van der Waals surface area contributed by atoms with E-state index in [0.717, 1.165) is 12.0 Å². The van der Waals surface area contributed by atoms with Gasteiger partial charge in [0.05, 0.1) is 11.8 Å². The van der Waals surface area contributed by atoms with Crippen LogP contribution in [0.1, 0.15) is 37.8 Å². The van der Waals surface area contributed by atoms with Gasteiger partial charge in [0.15, 0.2) is 0 Å². The molecule has 170 valence electrons. The van der Waals surface area contributed by atoms with E-state index < -0.39 is 23.5 Å². The second kappa shape index (κ2) is 11.4. The molecule has 33 heavy (non-hydrogen) atoms. The SMILES string of the molecule is CCCC(C#N)(c1ccc(Cl)cc1)c1ccc(N=NC(C#N)C(=O)N(CC)C(=O)O)cc1Cl. The number of carbonyl (C=O) groups is 2. The molecule has 0 spiro atoms. The van der Waals surface area contributed by atoms with E-state index in [2.05, 4.69) is 16.3 Å². The smallest absolute Gasteiger partial charge is 0.414 e. The van der Waals surface area contributed by atoms with E-state index in [-0.39, 0.29) is 17.3 Å². The van der Waals surface area contributed by atoms with Gasteiger partial charge < -0.3 is 5.11 Å². The van der Waals surface area contributed by atoms with Crippen molar-refractivity contribution < 1.29 is 14.7 Å². The standard InChI is InChI=1S/C23H21Cl2N5O3/c1-3-11-23(14-27,15-5-7-16(24)8-6-15)18-10-9-17(12-19(18)25)28-29-20(13-26)21(31)30(4-2)22(32)33/h5-10,12,20H,3-4,11H2,1-2H3,(H,32,33). The molecule has 0 heterocycles. The fourth-order valence-corrected chi connectivity index (χ4v) is 3.89. The van der Waals surface area contributed by atoms with E-state index in [1.54, 1.807) is 42.5 Å². The van der Waals surface area contributed by atoms with Crippen molar-refractivity contribution in [3.8, 4) is 12.1 Å². The first-order valence-electron chi connectivity index (χ1n) is 10.1. The fourth-order valence-electron chi connectivity index (χ4n) is 3.42. The number of nitrogens with zero attached hydrogens (tertiary/aromatic N) is 5. The number of carboxylic acid groups (broad SMARTS) is 1. The molecule has 10 heteroatoms. The van der Waals surface area contributed by atoms with Crippen molar-refractivity contribution in [3.05, 3.63) is 63.6 Å². The molecule has 2 atom stereocenters. The van der Waals surface area contributed by atoms with Gasteiger partial charge in [-0.25, -0.2) is 9.69 Å². The van der Waals surface area contributed by atoms with Crippen LogP contribution in [-0.2, 0) is 10.2 Å². The summed E-state index contributed by atoms with van der Waals surface area (Å²) < 4.78 is 0. The van der Waals surface area contributed by atoms with Gasteiger partial charge in [0.2, 0.25) is 6.04 Å². The third-order valence-electron chi connectivity index (χ3n) is 5.02. The molecule has 2 aromatic rings. The van der Waals surface area contributed by atoms with E-state index >= 15 is 0 Å². The van der Waals surface area contributed by atoms with Crippen LogP contribution in [0.2, 0.25) is 10.0 Å². The highest BCUT2D eigenvalue weighted by molar-refractivity contribution is 6.32. The number of likely N-dealkylation sites (N-methyl/N-ethyl adjacent to an activating group) is 1. The van der Waals surface area contributed by atoms with E-state index in [1.165, 1.54) is 13.0 Å². The zero-order valence-corrected chi connectivity index (χ0v) is 19.5. The maximum Gasteiger partial charge on any atom is 0.414 e. The van der Waals surface area contributed by atoms with Crippen LogP contribution < -0.4 is 0 Å². The molecule has 0 aliphatic rings. The van der Waals surface area contributed by atoms with Gasteiger partial charge in [-0.15, -0.1) is 0 Å². The van der Waals surface area contributed by atoms with Crippen molar-refractivity contribution in [2.24, 2.45) is 10.2 Å². The molecule has 0 fully saturated rings. The molecule has 0 aliphatic carbocycles. The van der Waals surface area contributed by atoms with Crippen LogP contribution in [0.3, 0.4) is 0 Å². The lowest BCUT2D eigenvalue weighted by Crippen LogP contribution is -2.41. The fraction of sp³-hybridized carbons (Fsp3) is 0.304. The van der Waals surface area contributed by atoms with Gasteiger partial charge in [0, 0.05) is 16.6 Å². The molecule has 0 saturated heterocycles. The molecule has 0 saturated carbocycles. The third kappa shape index (κ3) is 5.67. The average molecular weight is 486 g/mol. The molecule has 1 N–H and O–H groups in total. The number of hydrogen-bond donors (Lipinski definition) is 1. The topological polar surface area (TPSA) is 130 Å². The summed E-state index contributed by atoms with van der Waals surface area (Å²) in [5.41, 5.74) is 0.553. The molecule has 2 unspecified atom stereocenters. The largest absolute Gasteiger partial charge is 0.465 e. The van der Waals surface area contributed by atoms with Crippen molar-refractivity contribution >= 4 is 40.9 Å². The van der Waals surface area contributed by atoms with Gasteiger partial charge in [-0.2, -0.15) is 20.8 Å². The van der Waals surface area contributed by atoms with Crippen LogP contribution in [0, 0.1) is 22.7 Å². The first-order chi connectivity index (χ1) is 15.7. The van der Waals surface area contributed by atoms with Gasteiger partial charge >= 0.3 is 6.09 Å². The Balaban J connectivity index is 2.42. The van der Waals surface area contributed by atoms with E-state index in [0.29, 0.717) is 21.9 Å². The van der Waals surface area contributed by atoms with Gasteiger partial charge in [0.1, 0.15) is 11.5 Å². The number of hydrogen-bond acceptors (Lipinski definition) is 6. The van der Waals surface area contributed by atoms with E-state index in [4.69, 9.17) is 28.3 Å². The summed E-state index contributed by atoms with van der Waals surface area (Å²) in [6.07, 6.45) is -0.243. The van der Waals surface area contributed by atoms with Crippen molar-refractivity contribution in [1.82, 2.24) is 4.90 Å². The number of carbonyl (C=O) groups excluding carboxylic acids is 1. The number of halogens is 2. The number of imide groups is 1. The highest BCUT2D eigenvalue weighted by Crippen LogP contribution is 2.41. The van der Waals surface area contributed by atoms with Crippen molar-refractivity contribution in [1.29, 1.82) is 10.5 Å². The summed E-state index contributed by atoms with van der Waals surface area (Å²) in [7, 11) is 0. The summed E-state index contributed by atoms with van der Waals surface area (Å²) in [5.74, 6) is -0.992. The quantitative estimate of drug-likeness (QED) is 0.450. The van der Waals surface area contributed by atoms with Gasteiger partial charge in [-0.3, -0.25) is 4.79 Å². The van der Waals surface area contributed by atoms with Crippen LogP contribution in [0.25, 0.3) is 0 Å². The maximum atomic E-state index is 12.2. The Bertz CT molecular complexity index is 1140. The molecule has 0 bridgehead atoms. The minimum atomic E-state index is -1.62. The Morgan fingerprint density at radius 3 is 2.30 bits per heavy atom. The van der Waals surface area contributed by atoms with Crippen LogP contribution in [0.15, 0.2) is 52.7 Å². The Morgan fingerprint density at radius 1 is 1.15 bits per heavy atom. The highest BCUT2D eigenvalue weighted by Gasteiger charge is 2.35. The predicted molar refractivity (Wildman–Crippen MR) is 124 cm³/mol. The van der Waals surface area contributed by atoms with Crippen molar-refractivity contribution in [2.75, 3.05) is 6.54 Å². The molecule has 2 aromatic carbocycles. The van der Waals surface area contributed by atoms with Crippen LogP contribution in [0.4, 0.5) is 10.5 Å². The molecule has 8 nitrogen and oxygen atoms in total. The summed E-state index contributed by atoms with van der Waals surface area (Å²) >= 11 is 12.5. The molecule has 0 radical (unpaired) electrons. The molecule has 2 amide bonds.